The predicted octanol–water partition coefficient (Wildman–Crippen LogP) is 1.17. The molecule has 0 heterocycles. The van der Waals surface area contributed by atoms with E-state index in [9.17, 15) is 9.59 Å². The Bertz CT molecular complexity index is 186. The van der Waals surface area contributed by atoms with E-state index in [1.54, 1.807) is 0 Å². The number of hydrogen-bond donors (Lipinski definition) is 1. The highest BCUT2D eigenvalue weighted by Gasteiger charge is 1.91. The molecule has 0 saturated heterocycles. The van der Waals surface area contributed by atoms with Crippen molar-refractivity contribution in [3.8, 4) is 0 Å². The zero-order valence-electron chi connectivity index (χ0n) is 6.49. The van der Waals surface area contributed by atoms with Crippen molar-refractivity contribution in [3.05, 3.63) is 24.3 Å². The summed E-state index contributed by atoms with van der Waals surface area (Å²) in [6, 6.07) is 0. The van der Waals surface area contributed by atoms with E-state index in [-0.39, 0.29) is 0 Å². The molecule has 0 aliphatic rings. The summed E-state index contributed by atoms with van der Waals surface area (Å²) in [7, 11) is 1.18. The third-order valence-electron chi connectivity index (χ3n) is 0.563. The molecule has 0 rings (SSSR count). The van der Waals surface area contributed by atoms with Crippen molar-refractivity contribution in [1.82, 2.24) is 0 Å². The first-order valence-corrected chi connectivity index (χ1v) is 3.22. The zero-order chi connectivity index (χ0) is 9.98. The van der Waals surface area contributed by atoms with Gasteiger partial charge in [0.1, 0.15) is 0 Å². The van der Waals surface area contributed by atoms with E-state index < -0.39 is 11.9 Å². The van der Waals surface area contributed by atoms with Gasteiger partial charge in [-0.05, 0) is 5.54 Å². The molecule has 5 heteroatoms. The summed E-state index contributed by atoms with van der Waals surface area (Å²) in [5, 5.41) is 7.96. The molecule has 0 aliphatic carbocycles. The maximum Gasteiger partial charge on any atom is 0.330 e. The lowest BCUT2D eigenvalue weighted by molar-refractivity contribution is -0.136. The third-order valence-corrected chi connectivity index (χ3v) is 0.563. The number of carboxylic acids is 1. The number of carbonyl (C=O) groups is 2. The number of rotatable bonds is 2. The summed E-state index contributed by atoms with van der Waals surface area (Å²) in [5.41, 5.74) is 1.22. The lowest BCUT2D eigenvalue weighted by Gasteiger charge is -1.85. The Kier molecular flexibility index (Phi) is 10.8. The van der Waals surface area contributed by atoms with Crippen LogP contribution in [0.1, 0.15) is 0 Å². The molecular formula is C7H9ClO4. The maximum atomic E-state index is 10.1. The number of carbonyl (C=O) groups excluding carboxylic acids is 1. The van der Waals surface area contributed by atoms with Gasteiger partial charge in [0.25, 0.3) is 0 Å². The highest BCUT2D eigenvalue weighted by atomic mass is 35.5. The number of aliphatic carboxylic acids is 1. The van der Waals surface area contributed by atoms with Crippen molar-refractivity contribution >= 4 is 23.5 Å². The highest BCUT2D eigenvalue weighted by molar-refractivity contribution is 6.25. The van der Waals surface area contributed by atoms with E-state index in [0.29, 0.717) is 6.08 Å². The van der Waals surface area contributed by atoms with Gasteiger partial charge in [-0.3, -0.25) is 0 Å². The van der Waals surface area contributed by atoms with Gasteiger partial charge >= 0.3 is 11.9 Å². The van der Waals surface area contributed by atoms with Crippen molar-refractivity contribution < 1.29 is 19.4 Å². The average molecular weight is 193 g/mol. The Morgan fingerprint density at radius 2 is 1.92 bits per heavy atom. The number of methoxy groups -OCH3 is 1. The average Bonchev–Trinajstić information content (AvgIpc) is 2.01. The van der Waals surface area contributed by atoms with E-state index in [0.717, 1.165) is 6.08 Å². The van der Waals surface area contributed by atoms with E-state index in [1.165, 1.54) is 12.6 Å². The minimum absolute atomic E-state index is 0.669. The van der Waals surface area contributed by atoms with Gasteiger partial charge in [-0.2, -0.15) is 0 Å². The van der Waals surface area contributed by atoms with Crippen LogP contribution in [0.2, 0.25) is 0 Å². The fourth-order valence-electron chi connectivity index (χ4n) is 0.207. The van der Waals surface area contributed by atoms with Gasteiger partial charge in [0.05, 0.1) is 7.11 Å². The van der Waals surface area contributed by atoms with Crippen LogP contribution in [-0.2, 0) is 14.3 Å². The smallest absolute Gasteiger partial charge is 0.330 e. The maximum absolute atomic E-state index is 10.1. The topological polar surface area (TPSA) is 63.6 Å². The second-order valence-corrected chi connectivity index (χ2v) is 1.66. The van der Waals surface area contributed by atoms with Crippen LogP contribution in [0, 0.1) is 0 Å². The summed E-state index contributed by atoms with van der Waals surface area (Å²) in [6.07, 6.45) is 1.55. The van der Waals surface area contributed by atoms with Gasteiger partial charge in [0, 0.05) is 12.2 Å². The third kappa shape index (κ3) is 15.9. The molecule has 12 heavy (non-hydrogen) atoms. The molecule has 0 amide bonds. The first-order valence-electron chi connectivity index (χ1n) is 2.78. The van der Waals surface area contributed by atoms with Crippen LogP contribution in [0.15, 0.2) is 24.3 Å². The van der Waals surface area contributed by atoms with E-state index in [4.69, 9.17) is 16.7 Å². The fraction of sp³-hybridized carbons (Fsp3) is 0.143. The van der Waals surface area contributed by atoms with Gasteiger partial charge in [-0.1, -0.05) is 18.2 Å². The summed E-state index contributed by atoms with van der Waals surface area (Å²) in [4.78, 5) is 19.9. The molecule has 0 spiro atoms. The standard InChI is InChI=1S/C5H6O4.C2H3Cl/c1-9-5(8)3-2-4(6)7;1-2-3/h2-3H,1H3,(H,6,7);2H,1H2. The summed E-state index contributed by atoms with van der Waals surface area (Å²) in [6.45, 7) is 3.13. The van der Waals surface area contributed by atoms with Crippen LogP contribution in [0.25, 0.3) is 0 Å². The molecule has 0 atom stereocenters. The van der Waals surface area contributed by atoms with Crippen molar-refractivity contribution in [3.63, 3.8) is 0 Å². The molecule has 1 N–H and O–H groups in total. The van der Waals surface area contributed by atoms with Crippen molar-refractivity contribution in [2.45, 2.75) is 0 Å². The number of esters is 1. The number of carboxylic acid groups (broad SMARTS) is 1. The van der Waals surface area contributed by atoms with Gasteiger partial charge < -0.3 is 9.84 Å². The molecule has 0 aliphatic heterocycles. The van der Waals surface area contributed by atoms with Crippen molar-refractivity contribution in [2.75, 3.05) is 7.11 Å². The van der Waals surface area contributed by atoms with Crippen LogP contribution in [0.3, 0.4) is 0 Å². The Balaban J connectivity index is 0. The second-order valence-electron chi connectivity index (χ2n) is 1.35. The quantitative estimate of drug-likeness (QED) is 0.527. The molecule has 0 aromatic rings. The molecule has 0 unspecified atom stereocenters. The van der Waals surface area contributed by atoms with Crippen molar-refractivity contribution in [1.29, 1.82) is 0 Å². The second kappa shape index (κ2) is 9.71. The van der Waals surface area contributed by atoms with Gasteiger partial charge in [0.2, 0.25) is 0 Å². The molecule has 0 fully saturated rings. The summed E-state index contributed by atoms with van der Waals surface area (Å²) >= 11 is 4.76. The number of halogens is 1. The molecule has 68 valence electrons. The van der Waals surface area contributed by atoms with E-state index in [2.05, 4.69) is 11.3 Å². The molecular weight excluding hydrogens is 184 g/mol. The highest BCUT2D eigenvalue weighted by Crippen LogP contribution is 1.76. The SMILES string of the molecule is C=CCl.COC(=O)C=CC(=O)O. The molecule has 0 aromatic carbocycles. The van der Waals surface area contributed by atoms with Crippen LogP contribution in [0.5, 0.6) is 0 Å². The van der Waals surface area contributed by atoms with Crippen LogP contribution < -0.4 is 0 Å². The Labute approximate surface area is 75.1 Å². The molecule has 0 saturated carbocycles. The molecule has 0 radical (unpaired) electrons. The minimum Gasteiger partial charge on any atom is -0.478 e. The van der Waals surface area contributed by atoms with Gasteiger partial charge in [-0.25, -0.2) is 9.59 Å². The van der Waals surface area contributed by atoms with Crippen LogP contribution in [-0.4, -0.2) is 24.2 Å². The lowest BCUT2D eigenvalue weighted by atomic mass is 10.5. The van der Waals surface area contributed by atoms with Crippen molar-refractivity contribution in [2.24, 2.45) is 0 Å². The lowest BCUT2D eigenvalue weighted by Crippen LogP contribution is -1.96. The molecule has 0 aromatic heterocycles. The first kappa shape index (κ1) is 13.3. The summed E-state index contributed by atoms with van der Waals surface area (Å²) in [5.74, 6) is -1.84. The Morgan fingerprint density at radius 3 is 2.17 bits per heavy atom. The van der Waals surface area contributed by atoms with Gasteiger partial charge in [-0.15, -0.1) is 0 Å². The summed E-state index contributed by atoms with van der Waals surface area (Å²) < 4.78 is 4.11. The number of ether oxygens (including phenoxy) is 1. The molecule has 0 bridgehead atoms. The largest absolute Gasteiger partial charge is 0.478 e. The monoisotopic (exact) mass is 192 g/mol. The zero-order valence-corrected chi connectivity index (χ0v) is 7.25. The van der Waals surface area contributed by atoms with Gasteiger partial charge in [0.15, 0.2) is 0 Å². The fourth-order valence-corrected chi connectivity index (χ4v) is 0.207. The van der Waals surface area contributed by atoms with E-state index >= 15 is 0 Å². The van der Waals surface area contributed by atoms with Crippen LogP contribution in [0.4, 0.5) is 0 Å². The van der Waals surface area contributed by atoms with Crippen LogP contribution >= 0.6 is 11.6 Å². The Morgan fingerprint density at radius 1 is 1.50 bits per heavy atom. The number of hydrogen-bond acceptors (Lipinski definition) is 3. The predicted molar refractivity (Wildman–Crippen MR) is 44.8 cm³/mol. The minimum atomic E-state index is -1.17. The molecule has 4 nitrogen and oxygen atoms in total. The Hall–Kier alpha value is -1.29. The van der Waals surface area contributed by atoms with E-state index in [1.807, 2.05) is 0 Å². The first-order chi connectivity index (χ1) is 5.58. The normalized spacial score (nSPS) is 8.17.